The lowest BCUT2D eigenvalue weighted by Gasteiger charge is -2.43. The lowest BCUT2D eigenvalue weighted by atomic mass is 9.95. The quantitative estimate of drug-likeness (QED) is 0.319. The number of hydrogen-bond acceptors (Lipinski definition) is 5. The molecule has 8 heteroatoms. The Bertz CT molecular complexity index is 649. The molecule has 6 nitrogen and oxygen atoms in total. The van der Waals surface area contributed by atoms with Gasteiger partial charge in [0.05, 0.1) is 19.8 Å². The molecule has 164 valence electrons. The predicted octanol–water partition coefficient (Wildman–Crippen LogP) is 2.75. The fourth-order valence-electron chi connectivity index (χ4n) is 3.79. The lowest BCUT2D eigenvalue weighted by molar-refractivity contribution is -0.0120. The fourth-order valence-corrected chi connectivity index (χ4v) is 5.27. The highest BCUT2D eigenvalue weighted by atomic mass is 127. The number of aryl methyl sites for hydroxylation is 1. The molecule has 0 bridgehead atoms. The maximum Gasteiger partial charge on any atom is 0.191 e. The Balaban J connectivity index is 0.00000300. The predicted molar refractivity (Wildman–Crippen MR) is 133 cm³/mol. The average molecular weight is 535 g/mol. The summed E-state index contributed by atoms with van der Waals surface area (Å²) < 4.78 is 11.6. The third-order valence-corrected chi connectivity index (χ3v) is 6.79. The summed E-state index contributed by atoms with van der Waals surface area (Å²) in [6.07, 6.45) is 1.27. The number of nitrogens with zero attached hydrogens (tertiary/aromatic N) is 2. The van der Waals surface area contributed by atoms with Crippen molar-refractivity contribution in [3.05, 3.63) is 29.8 Å². The molecule has 0 aromatic heterocycles. The number of thioether (sulfide) groups is 1. The number of guanidine groups is 1. The van der Waals surface area contributed by atoms with Gasteiger partial charge in [0, 0.05) is 38.0 Å². The minimum atomic E-state index is 0. The second-order valence-corrected chi connectivity index (χ2v) is 8.73. The summed E-state index contributed by atoms with van der Waals surface area (Å²) >= 11 is 2.05. The first kappa shape index (κ1) is 24.6. The maximum atomic E-state index is 6.06. The minimum Gasteiger partial charge on any atom is -0.489 e. The normalized spacial score (nSPS) is 23.9. The van der Waals surface area contributed by atoms with Crippen molar-refractivity contribution in [2.45, 2.75) is 31.9 Å². The van der Waals surface area contributed by atoms with Gasteiger partial charge in [-0.2, -0.15) is 11.8 Å². The Morgan fingerprint density at radius 1 is 1.31 bits per heavy atom. The van der Waals surface area contributed by atoms with Crippen molar-refractivity contribution in [3.63, 3.8) is 0 Å². The highest BCUT2D eigenvalue weighted by Gasteiger charge is 2.40. The van der Waals surface area contributed by atoms with Crippen molar-refractivity contribution in [2.75, 3.05) is 57.9 Å². The smallest absolute Gasteiger partial charge is 0.191 e. The zero-order valence-electron chi connectivity index (χ0n) is 17.8. The van der Waals surface area contributed by atoms with E-state index in [0.29, 0.717) is 6.54 Å². The van der Waals surface area contributed by atoms with E-state index < -0.39 is 0 Å². The molecule has 0 amide bonds. The zero-order chi connectivity index (χ0) is 19.8. The van der Waals surface area contributed by atoms with Crippen molar-refractivity contribution in [3.8, 4) is 5.75 Å². The van der Waals surface area contributed by atoms with Crippen LogP contribution in [0.2, 0.25) is 0 Å². The molecule has 2 heterocycles. The van der Waals surface area contributed by atoms with Crippen LogP contribution < -0.4 is 15.4 Å². The van der Waals surface area contributed by atoms with E-state index in [2.05, 4.69) is 52.2 Å². The third-order valence-electron chi connectivity index (χ3n) is 5.55. The maximum absolute atomic E-state index is 6.06. The molecule has 3 rings (SSSR count). The number of nitrogens with one attached hydrogen (secondary N) is 2. The lowest BCUT2D eigenvalue weighted by Crippen LogP contribution is -2.60. The van der Waals surface area contributed by atoms with Crippen LogP contribution in [0.15, 0.2) is 29.3 Å². The molecular formula is C21H35IN4O2S. The van der Waals surface area contributed by atoms with Crippen molar-refractivity contribution in [1.82, 2.24) is 15.5 Å². The van der Waals surface area contributed by atoms with Crippen LogP contribution in [0.1, 0.15) is 18.9 Å². The number of benzene rings is 1. The first-order chi connectivity index (χ1) is 13.6. The monoisotopic (exact) mass is 534 g/mol. The van der Waals surface area contributed by atoms with Crippen LogP contribution in [0.25, 0.3) is 0 Å². The van der Waals surface area contributed by atoms with E-state index >= 15 is 0 Å². The summed E-state index contributed by atoms with van der Waals surface area (Å²) in [5.41, 5.74) is 1.36. The molecule has 0 radical (unpaired) electrons. The first-order valence-electron chi connectivity index (χ1n) is 10.2. The van der Waals surface area contributed by atoms with Crippen LogP contribution in [0.4, 0.5) is 0 Å². The number of halogens is 1. The summed E-state index contributed by atoms with van der Waals surface area (Å²) in [6.45, 7) is 9.49. The summed E-state index contributed by atoms with van der Waals surface area (Å²) in [5.74, 6) is 4.18. The Kier molecular flexibility index (Phi) is 10.3. The topological polar surface area (TPSA) is 58.1 Å². The summed E-state index contributed by atoms with van der Waals surface area (Å²) in [5, 5.41) is 6.98. The van der Waals surface area contributed by atoms with Gasteiger partial charge >= 0.3 is 0 Å². The van der Waals surface area contributed by atoms with Crippen LogP contribution in [-0.2, 0) is 4.74 Å². The molecule has 1 aromatic carbocycles. The Labute approximate surface area is 196 Å². The van der Waals surface area contributed by atoms with Gasteiger partial charge in [0.15, 0.2) is 5.96 Å². The first-order valence-corrected chi connectivity index (χ1v) is 11.4. The van der Waals surface area contributed by atoms with Crippen molar-refractivity contribution in [1.29, 1.82) is 0 Å². The second kappa shape index (κ2) is 12.2. The molecule has 0 aliphatic carbocycles. The van der Waals surface area contributed by atoms with E-state index in [1.807, 2.05) is 25.2 Å². The molecule has 1 aromatic rings. The molecule has 2 aliphatic heterocycles. The van der Waals surface area contributed by atoms with Gasteiger partial charge in [0.1, 0.15) is 11.9 Å². The standard InChI is InChI=1S/C21H34N4O2S.HI/c1-17-6-4-5-7-19(17)27-18(2)14-23-20(22-3)24-15-21(8-13-28-16-21)25-9-11-26-12-10-25;/h4-7,18H,8-16H2,1-3H3,(H2,22,23,24);1H. The van der Waals surface area contributed by atoms with Crippen molar-refractivity contribution < 1.29 is 9.47 Å². The van der Waals surface area contributed by atoms with Gasteiger partial charge in [-0.3, -0.25) is 9.89 Å². The molecule has 2 aliphatic rings. The van der Waals surface area contributed by atoms with Crippen LogP contribution in [0.3, 0.4) is 0 Å². The van der Waals surface area contributed by atoms with Crippen LogP contribution in [0, 0.1) is 6.92 Å². The van der Waals surface area contributed by atoms with Gasteiger partial charge in [-0.15, -0.1) is 24.0 Å². The molecular weight excluding hydrogens is 499 g/mol. The van der Waals surface area contributed by atoms with Crippen LogP contribution in [0.5, 0.6) is 5.75 Å². The largest absolute Gasteiger partial charge is 0.489 e. The van der Waals surface area contributed by atoms with Crippen LogP contribution in [-0.4, -0.2) is 80.4 Å². The number of para-hydroxylation sites is 1. The SMILES string of the molecule is CN=C(NCC(C)Oc1ccccc1C)NCC1(N2CCOCC2)CCSC1.I. The molecule has 2 fully saturated rings. The van der Waals surface area contributed by atoms with E-state index in [9.17, 15) is 0 Å². The van der Waals surface area contributed by atoms with Crippen molar-refractivity contribution in [2.24, 2.45) is 4.99 Å². The Morgan fingerprint density at radius 3 is 2.72 bits per heavy atom. The highest BCUT2D eigenvalue weighted by molar-refractivity contribution is 14.0. The molecule has 29 heavy (non-hydrogen) atoms. The van der Waals surface area contributed by atoms with Gasteiger partial charge in [0.25, 0.3) is 0 Å². The van der Waals surface area contributed by atoms with Gasteiger partial charge in [-0.1, -0.05) is 18.2 Å². The zero-order valence-corrected chi connectivity index (χ0v) is 20.9. The molecule has 2 N–H and O–H groups in total. The molecule has 0 saturated carbocycles. The molecule has 2 saturated heterocycles. The molecule has 2 atom stereocenters. The molecule has 0 spiro atoms. The van der Waals surface area contributed by atoms with E-state index in [1.54, 1.807) is 0 Å². The highest BCUT2D eigenvalue weighted by Crippen LogP contribution is 2.33. The number of hydrogen-bond donors (Lipinski definition) is 2. The van der Waals surface area contributed by atoms with E-state index in [0.717, 1.165) is 50.1 Å². The average Bonchev–Trinajstić information content (AvgIpc) is 3.21. The van der Waals surface area contributed by atoms with E-state index in [4.69, 9.17) is 9.47 Å². The number of ether oxygens (including phenoxy) is 2. The number of morpholine rings is 1. The van der Waals surface area contributed by atoms with Crippen LogP contribution >= 0.6 is 35.7 Å². The van der Waals surface area contributed by atoms with Gasteiger partial charge in [-0.25, -0.2) is 0 Å². The third kappa shape index (κ3) is 6.90. The second-order valence-electron chi connectivity index (χ2n) is 7.63. The Morgan fingerprint density at radius 2 is 2.07 bits per heavy atom. The Hall–Kier alpha value is -0.710. The molecule has 2 unspecified atom stereocenters. The summed E-state index contributed by atoms with van der Waals surface area (Å²) in [4.78, 5) is 7.02. The summed E-state index contributed by atoms with van der Waals surface area (Å²) in [6, 6.07) is 8.12. The van der Waals surface area contributed by atoms with Gasteiger partial charge < -0.3 is 20.1 Å². The van der Waals surface area contributed by atoms with Gasteiger partial charge in [0.2, 0.25) is 0 Å². The van der Waals surface area contributed by atoms with Gasteiger partial charge in [-0.05, 0) is 37.7 Å². The fraction of sp³-hybridized carbons (Fsp3) is 0.667. The van der Waals surface area contributed by atoms with E-state index in [1.165, 1.54) is 17.9 Å². The number of rotatable bonds is 7. The summed E-state index contributed by atoms with van der Waals surface area (Å²) in [7, 11) is 1.83. The van der Waals surface area contributed by atoms with Crippen molar-refractivity contribution >= 4 is 41.7 Å². The van der Waals surface area contributed by atoms with E-state index in [-0.39, 0.29) is 35.6 Å². The number of aliphatic imine (C=N–C) groups is 1. The minimum absolute atomic E-state index is 0.